The summed E-state index contributed by atoms with van der Waals surface area (Å²) >= 11 is 0. The highest BCUT2D eigenvalue weighted by Gasteiger charge is 2.24. The number of likely N-dealkylation sites (tertiary alicyclic amines) is 1. The van der Waals surface area contributed by atoms with E-state index in [0.29, 0.717) is 31.9 Å². The molecule has 3 rings (SSSR count). The number of amides is 1. The van der Waals surface area contributed by atoms with E-state index in [2.05, 4.69) is 23.2 Å². The van der Waals surface area contributed by atoms with Gasteiger partial charge in [0.15, 0.2) is 0 Å². The number of nitrogens with one attached hydrogen (secondary N) is 1. The number of carbonyl (C=O) groups excluding carboxylic acids is 1. The lowest BCUT2D eigenvalue weighted by Crippen LogP contribution is -2.44. The molecule has 0 aromatic heterocycles. The number of benzene rings is 1. The van der Waals surface area contributed by atoms with Crippen molar-refractivity contribution in [1.29, 1.82) is 0 Å². The maximum atomic E-state index is 12.2. The van der Waals surface area contributed by atoms with E-state index < -0.39 is 0 Å². The van der Waals surface area contributed by atoms with Crippen LogP contribution in [0.2, 0.25) is 0 Å². The van der Waals surface area contributed by atoms with Crippen molar-refractivity contribution >= 4 is 5.91 Å². The third-order valence-corrected chi connectivity index (χ3v) is 5.74. The molecule has 1 saturated heterocycles. The number of carbonyl (C=O) groups is 1. The zero-order valence-electron chi connectivity index (χ0n) is 17.3. The lowest BCUT2D eigenvalue weighted by Gasteiger charge is -2.34. The Morgan fingerprint density at radius 3 is 2.61 bits per heavy atom. The van der Waals surface area contributed by atoms with E-state index in [1.54, 1.807) is 0 Å². The molecule has 0 spiro atoms. The molecule has 2 aliphatic rings. The van der Waals surface area contributed by atoms with Crippen molar-refractivity contribution in [2.75, 3.05) is 32.8 Å². The molecular weight excluding hydrogens is 352 g/mol. The number of piperidine rings is 1. The predicted octanol–water partition coefficient (Wildman–Crippen LogP) is 3.69. The summed E-state index contributed by atoms with van der Waals surface area (Å²) in [5.41, 5.74) is 1.19. The van der Waals surface area contributed by atoms with Crippen molar-refractivity contribution in [1.82, 2.24) is 10.2 Å². The molecule has 5 nitrogen and oxygen atoms in total. The van der Waals surface area contributed by atoms with Gasteiger partial charge in [0.25, 0.3) is 0 Å². The second-order valence-corrected chi connectivity index (χ2v) is 8.24. The minimum atomic E-state index is 0.113. The van der Waals surface area contributed by atoms with E-state index in [1.165, 1.54) is 37.7 Å². The molecule has 1 amide bonds. The lowest BCUT2D eigenvalue weighted by atomic mass is 9.97. The fourth-order valence-electron chi connectivity index (χ4n) is 4.13. The first-order valence-electron chi connectivity index (χ1n) is 11.0. The molecule has 0 unspecified atom stereocenters. The first-order chi connectivity index (χ1) is 13.7. The minimum Gasteiger partial charge on any atom is -0.494 e. The van der Waals surface area contributed by atoms with E-state index in [4.69, 9.17) is 9.47 Å². The Hall–Kier alpha value is -1.59. The summed E-state index contributed by atoms with van der Waals surface area (Å²) in [6.45, 7) is 5.75. The number of rotatable bonds is 9. The monoisotopic (exact) mass is 388 g/mol. The molecule has 1 N–H and O–H groups in total. The van der Waals surface area contributed by atoms with Crippen LogP contribution in [0.25, 0.3) is 0 Å². The molecule has 1 aliphatic heterocycles. The number of hydrogen-bond donors (Lipinski definition) is 1. The molecule has 5 heteroatoms. The van der Waals surface area contributed by atoms with Crippen molar-refractivity contribution < 1.29 is 14.3 Å². The van der Waals surface area contributed by atoms with Gasteiger partial charge in [-0.2, -0.15) is 0 Å². The Kier molecular flexibility index (Phi) is 8.62. The Balaban J connectivity index is 1.22. The molecule has 0 atom stereocenters. The van der Waals surface area contributed by atoms with Crippen LogP contribution in [0.15, 0.2) is 24.3 Å². The van der Waals surface area contributed by atoms with E-state index in [1.807, 2.05) is 18.2 Å². The summed E-state index contributed by atoms with van der Waals surface area (Å²) in [6.07, 6.45) is 10.3. The molecule has 1 saturated carbocycles. The first-order valence-corrected chi connectivity index (χ1v) is 11.0. The van der Waals surface area contributed by atoms with Crippen molar-refractivity contribution in [3.8, 4) is 5.75 Å². The molecule has 156 valence electrons. The van der Waals surface area contributed by atoms with Gasteiger partial charge in [0.2, 0.25) is 5.91 Å². The summed E-state index contributed by atoms with van der Waals surface area (Å²) < 4.78 is 12.0. The van der Waals surface area contributed by atoms with Gasteiger partial charge < -0.3 is 14.8 Å². The summed E-state index contributed by atoms with van der Waals surface area (Å²) in [6, 6.07) is 8.04. The van der Waals surface area contributed by atoms with Crippen molar-refractivity contribution in [2.45, 2.75) is 70.5 Å². The van der Waals surface area contributed by atoms with Crippen LogP contribution < -0.4 is 10.1 Å². The number of hydrogen-bond acceptors (Lipinski definition) is 4. The molecule has 0 radical (unpaired) electrons. The molecule has 1 aromatic carbocycles. The van der Waals surface area contributed by atoms with Gasteiger partial charge in [-0.15, -0.1) is 0 Å². The van der Waals surface area contributed by atoms with Crippen molar-refractivity contribution in [2.24, 2.45) is 0 Å². The average Bonchev–Trinajstić information content (AvgIpc) is 2.70. The van der Waals surface area contributed by atoms with Gasteiger partial charge in [0.1, 0.15) is 5.75 Å². The summed E-state index contributed by atoms with van der Waals surface area (Å²) in [4.78, 5) is 14.4. The zero-order chi connectivity index (χ0) is 19.6. The Morgan fingerprint density at radius 1 is 1.11 bits per heavy atom. The van der Waals surface area contributed by atoms with Gasteiger partial charge in [-0.05, 0) is 56.7 Å². The quantitative estimate of drug-likeness (QED) is 0.656. The van der Waals surface area contributed by atoms with Gasteiger partial charge in [-0.1, -0.05) is 31.4 Å². The second-order valence-electron chi connectivity index (χ2n) is 8.24. The Labute approximate surface area is 169 Å². The molecule has 1 aliphatic carbocycles. The molecule has 2 fully saturated rings. The number of nitrogens with zero attached hydrogens (tertiary/aromatic N) is 1. The third kappa shape index (κ3) is 7.44. The fraction of sp³-hybridized carbons (Fsp3) is 0.696. The third-order valence-electron chi connectivity index (χ3n) is 5.74. The molecular formula is C23H36N2O3. The standard InChI is InChI=1S/C23H36N2O3/c1-19-7-5-10-22(17-19)27-16-6-13-24-23(26)18-25-14-11-21(12-15-25)28-20-8-3-2-4-9-20/h5,7,10,17,20-21H,2-4,6,8-9,11-16,18H2,1H3,(H,24,26). The normalized spacial score (nSPS) is 19.5. The van der Waals surface area contributed by atoms with E-state index in [-0.39, 0.29) is 5.91 Å². The van der Waals surface area contributed by atoms with Gasteiger partial charge >= 0.3 is 0 Å². The van der Waals surface area contributed by atoms with E-state index >= 15 is 0 Å². The van der Waals surface area contributed by atoms with Crippen LogP contribution in [0.1, 0.15) is 56.9 Å². The fourth-order valence-corrected chi connectivity index (χ4v) is 4.13. The summed E-state index contributed by atoms with van der Waals surface area (Å²) in [5, 5.41) is 3.01. The largest absolute Gasteiger partial charge is 0.494 e. The van der Waals surface area contributed by atoms with Crippen LogP contribution in [-0.4, -0.2) is 55.8 Å². The first kappa shape index (κ1) is 21.1. The van der Waals surface area contributed by atoms with Gasteiger partial charge in [0.05, 0.1) is 25.4 Å². The van der Waals surface area contributed by atoms with E-state index in [0.717, 1.165) is 38.1 Å². The SMILES string of the molecule is Cc1cccc(OCCCNC(=O)CN2CCC(OC3CCCCC3)CC2)c1. The number of ether oxygens (including phenoxy) is 2. The highest BCUT2D eigenvalue weighted by Crippen LogP contribution is 2.24. The van der Waals surface area contributed by atoms with E-state index in [9.17, 15) is 4.79 Å². The topological polar surface area (TPSA) is 50.8 Å². The highest BCUT2D eigenvalue weighted by molar-refractivity contribution is 5.77. The minimum absolute atomic E-state index is 0.113. The molecule has 1 aromatic rings. The zero-order valence-corrected chi connectivity index (χ0v) is 17.3. The van der Waals surface area contributed by atoms with Gasteiger partial charge in [-0.3, -0.25) is 9.69 Å². The second kappa shape index (κ2) is 11.4. The van der Waals surface area contributed by atoms with Crippen LogP contribution in [-0.2, 0) is 9.53 Å². The Bertz CT molecular complexity index is 593. The lowest BCUT2D eigenvalue weighted by molar-refractivity contribution is -0.123. The van der Waals surface area contributed by atoms with Crippen LogP contribution in [0, 0.1) is 6.92 Å². The number of aryl methyl sites for hydroxylation is 1. The maximum absolute atomic E-state index is 12.2. The molecule has 1 heterocycles. The average molecular weight is 389 g/mol. The van der Waals surface area contributed by atoms with Crippen LogP contribution in [0.3, 0.4) is 0 Å². The van der Waals surface area contributed by atoms with Gasteiger partial charge in [-0.25, -0.2) is 0 Å². The molecule has 0 bridgehead atoms. The predicted molar refractivity (Wildman–Crippen MR) is 112 cm³/mol. The van der Waals surface area contributed by atoms with Crippen molar-refractivity contribution in [3.63, 3.8) is 0 Å². The maximum Gasteiger partial charge on any atom is 0.234 e. The van der Waals surface area contributed by atoms with Crippen LogP contribution in [0.4, 0.5) is 0 Å². The van der Waals surface area contributed by atoms with Crippen LogP contribution in [0.5, 0.6) is 5.75 Å². The summed E-state index contributed by atoms with van der Waals surface area (Å²) in [5.74, 6) is 1.01. The summed E-state index contributed by atoms with van der Waals surface area (Å²) in [7, 11) is 0. The highest BCUT2D eigenvalue weighted by atomic mass is 16.5. The van der Waals surface area contributed by atoms with Gasteiger partial charge in [0, 0.05) is 19.6 Å². The van der Waals surface area contributed by atoms with Crippen molar-refractivity contribution in [3.05, 3.63) is 29.8 Å². The molecule has 28 heavy (non-hydrogen) atoms. The van der Waals surface area contributed by atoms with Crippen LogP contribution >= 0.6 is 0 Å². The smallest absolute Gasteiger partial charge is 0.234 e. The Morgan fingerprint density at radius 2 is 1.86 bits per heavy atom.